The molecule has 0 saturated heterocycles. The van der Waals surface area contributed by atoms with Crippen LogP contribution < -0.4 is 0 Å². The minimum absolute atomic E-state index is 0.638. The molecular weight excluding hydrogens is 787 g/mol. The van der Waals surface area contributed by atoms with Crippen molar-refractivity contribution in [2.45, 2.75) is 0 Å². The Morgan fingerprint density at radius 3 is 1.67 bits per heavy atom. The zero-order valence-electron chi connectivity index (χ0n) is 33.9. The van der Waals surface area contributed by atoms with Crippen LogP contribution in [0.4, 0.5) is 0 Å². The van der Waals surface area contributed by atoms with Gasteiger partial charge in [0.2, 0.25) is 5.95 Å². The van der Waals surface area contributed by atoms with Crippen molar-refractivity contribution in [2.75, 3.05) is 0 Å². The third-order valence-electron chi connectivity index (χ3n) is 12.4. The van der Waals surface area contributed by atoms with Gasteiger partial charge in [-0.25, -0.2) is 9.97 Å². The molecular formula is C57H35N5S. The second-order valence-corrected chi connectivity index (χ2v) is 17.1. The molecule has 13 rings (SSSR count). The second kappa shape index (κ2) is 14.2. The molecule has 0 bridgehead atoms. The average molecular weight is 822 g/mol. The zero-order chi connectivity index (χ0) is 41.4. The average Bonchev–Trinajstić information content (AvgIpc) is 4.01. The smallest absolute Gasteiger partial charge is 0.235 e. The Hall–Kier alpha value is -8.19. The van der Waals surface area contributed by atoms with E-state index in [2.05, 4.69) is 197 Å². The number of pyridine rings is 1. The molecule has 0 amide bonds. The molecule has 0 aliphatic heterocycles. The Morgan fingerprint density at radius 1 is 0.333 bits per heavy atom. The van der Waals surface area contributed by atoms with Crippen molar-refractivity contribution in [3.8, 4) is 56.4 Å². The third-order valence-corrected chi connectivity index (χ3v) is 13.5. The van der Waals surface area contributed by atoms with Crippen LogP contribution in [-0.2, 0) is 0 Å². The summed E-state index contributed by atoms with van der Waals surface area (Å²) < 4.78 is 7.11. The summed E-state index contributed by atoms with van der Waals surface area (Å²) in [4.78, 5) is 15.3. The molecule has 6 heteroatoms. The SMILES string of the molecule is c1ccc(-c2cc(-c3ccccc3)nc(-n3c4ccccc4c4ccc(-c5ccc6c(c5)c5ccccc5n6-c5cccc(-c6ccc7sc8cccnc8c7c6)c5)cc43)n2)cc1. The molecule has 13 aromatic rings. The fourth-order valence-corrected chi connectivity index (χ4v) is 10.5. The summed E-state index contributed by atoms with van der Waals surface area (Å²) in [6, 6.07) is 73.7. The van der Waals surface area contributed by atoms with Gasteiger partial charge in [0.15, 0.2) is 0 Å². The van der Waals surface area contributed by atoms with Gasteiger partial charge in [-0.05, 0) is 95.1 Å². The number of hydrogen-bond donors (Lipinski definition) is 0. The Kier molecular flexibility index (Phi) is 8.01. The van der Waals surface area contributed by atoms with Crippen LogP contribution in [0.25, 0.3) is 120 Å². The molecule has 0 fully saturated rings. The van der Waals surface area contributed by atoms with Gasteiger partial charge in [-0.3, -0.25) is 9.55 Å². The van der Waals surface area contributed by atoms with Crippen molar-refractivity contribution in [3.63, 3.8) is 0 Å². The molecule has 5 nitrogen and oxygen atoms in total. The lowest BCUT2D eigenvalue weighted by Gasteiger charge is -2.12. The van der Waals surface area contributed by atoms with Crippen LogP contribution in [0.15, 0.2) is 212 Å². The molecule has 0 aliphatic carbocycles. The standard InChI is InChI=1S/C57H35N5S/c1-3-13-36(14-4-1)48-35-49(37-15-5-2-6-16-37)60-57(59-48)62-51-22-10-7-19-43(51)45-27-24-41(34-53(45)62)39-25-28-52-46(32-39)44-20-8-9-21-50(44)61(52)42-18-11-17-38(31-42)40-26-29-54-47(33-40)56-55(63-54)23-12-30-58-56/h1-35H. The number of para-hydroxylation sites is 2. The van der Waals surface area contributed by atoms with Crippen LogP contribution in [0.3, 0.4) is 0 Å². The van der Waals surface area contributed by atoms with Crippen LogP contribution in [-0.4, -0.2) is 24.1 Å². The van der Waals surface area contributed by atoms with Crippen LogP contribution >= 0.6 is 11.3 Å². The molecule has 63 heavy (non-hydrogen) atoms. The van der Waals surface area contributed by atoms with Gasteiger partial charge in [0.05, 0.1) is 43.7 Å². The molecule has 0 N–H and O–H groups in total. The van der Waals surface area contributed by atoms with Gasteiger partial charge >= 0.3 is 0 Å². The van der Waals surface area contributed by atoms with Crippen molar-refractivity contribution in [2.24, 2.45) is 0 Å². The highest BCUT2D eigenvalue weighted by atomic mass is 32.1. The highest BCUT2D eigenvalue weighted by molar-refractivity contribution is 7.25. The van der Waals surface area contributed by atoms with E-state index in [1.54, 1.807) is 11.3 Å². The first kappa shape index (κ1) is 35.6. The summed E-state index contributed by atoms with van der Waals surface area (Å²) >= 11 is 1.80. The van der Waals surface area contributed by atoms with Crippen molar-refractivity contribution >= 4 is 75.3 Å². The van der Waals surface area contributed by atoms with Gasteiger partial charge in [0.25, 0.3) is 0 Å². The van der Waals surface area contributed by atoms with Crippen molar-refractivity contribution < 1.29 is 0 Å². The largest absolute Gasteiger partial charge is 0.309 e. The van der Waals surface area contributed by atoms with Crippen LogP contribution in [0.2, 0.25) is 0 Å². The number of benzene rings is 8. The predicted octanol–water partition coefficient (Wildman–Crippen LogP) is 15.1. The van der Waals surface area contributed by atoms with E-state index >= 15 is 0 Å². The van der Waals surface area contributed by atoms with Crippen molar-refractivity contribution in [1.82, 2.24) is 24.1 Å². The second-order valence-electron chi connectivity index (χ2n) is 16.1. The van der Waals surface area contributed by atoms with Gasteiger partial charge in [-0.1, -0.05) is 133 Å². The topological polar surface area (TPSA) is 48.5 Å². The van der Waals surface area contributed by atoms with E-state index in [1.165, 1.54) is 42.2 Å². The van der Waals surface area contributed by atoms with E-state index in [1.807, 2.05) is 24.4 Å². The van der Waals surface area contributed by atoms with Crippen LogP contribution in [0, 0.1) is 0 Å². The fraction of sp³-hybridized carbons (Fsp3) is 0. The van der Waals surface area contributed by atoms with E-state index in [0.717, 1.165) is 72.2 Å². The van der Waals surface area contributed by atoms with E-state index in [9.17, 15) is 0 Å². The number of rotatable bonds is 6. The normalized spacial score (nSPS) is 11.8. The first-order valence-electron chi connectivity index (χ1n) is 21.2. The third kappa shape index (κ3) is 5.80. The summed E-state index contributed by atoms with van der Waals surface area (Å²) in [5, 5.41) is 5.94. The summed E-state index contributed by atoms with van der Waals surface area (Å²) in [7, 11) is 0. The summed E-state index contributed by atoms with van der Waals surface area (Å²) in [6.45, 7) is 0. The summed E-state index contributed by atoms with van der Waals surface area (Å²) in [6.07, 6.45) is 1.89. The lowest BCUT2D eigenvalue weighted by molar-refractivity contribution is 0.996. The Bertz CT molecular complexity index is 3860. The molecule has 0 radical (unpaired) electrons. The van der Waals surface area contributed by atoms with Gasteiger partial charge in [-0.15, -0.1) is 11.3 Å². The van der Waals surface area contributed by atoms with E-state index in [4.69, 9.17) is 15.0 Å². The quantitative estimate of drug-likeness (QED) is 0.168. The van der Waals surface area contributed by atoms with E-state index < -0.39 is 0 Å². The minimum atomic E-state index is 0.638. The van der Waals surface area contributed by atoms with Gasteiger partial charge < -0.3 is 4.57 Å². The van der Waals surface area contributed by atoms with Crippen LogP contribution in [0.5, 0.6) is 0 Å². The zero-order valence-corrected chi connectivity index (χ0v) is 34.7. The molecule has 0 saturated carbocycles. The summed E-state index contributed by atoms with van der Waals surface area (Å²) in [5.41, 5.74) is 15.1. The Labute approximate surface area is 366 Å². The number of thiophene rings is 1. The lowest BCUT2D eigenvalue weighted by Crippen LogP contribution is -2.04. The number of aromatic nitrogens is 5. The molecule has 8 aromatic carbocycles. The van der Waals surface area contributed by atoms with Crippen molar-refractivity contribution in [3.05, 3.63) is 212 Å². The van der Waals surface area contributed by atoms with Crippen LogP contribution in [0.1, 0.15) is 0 Å². The molecule has 0 atom stereocenters. The Morgan fingerprint density at radius 2 is 0.905 bits per heavy atom. The summed E-state index contributed by atoms with van der Waals surface area (Å²) in [5.74, 6) is 0.638. The first-order chi connectivity index (χ1) is 31.2. The van der Waals surface area contributed by atoms with Gasteiger partial charge in [0.1, 0.15) is 0 Å². The predicted molar refractivity (Wildman–Crippen MR) is 263 cm³/mol. The monoisotopic (exact) mass is 821 g/mol. The van der Waals surface area contributed by atoms with Crippen molar-refractivity contribution in [1.29, 1.82) is 0 Å². The molecule has 5 aromatic heterocycles. The highest BCUT2D eigenvalue weighted by Gasteiger charge is 2.19. The molecule has 5 heterocycles. The molecule has 294 valence electrons. The number of fused-ring (bicyclic) bond motifs is 9. The van der Waals surface area contributed by atoms with Gasteiger partial charge in [-0.2, -0.15) is 0 Å². The van der Waals surface area contributed by atoms with Gasteiger partial charge in [0, 0.05) is 54.6 Å². The number of hydrogen-bond acceptors (Lipinski definition) is 4. The minimum Gasteiger partial charge on any atom is -0.309 e. The molecule has 0 unspecified atom stereocenters. The molecule has 0 aliphatic rings. The fourth-order valence-electron chi connectivity index (χ4n) is 9.45. The maximum atomic E-state index is 5.28. The lowest BCUT2D eigenvalue weighted by atomic mass is 10.0. The molecule has 0 spiro atoms. The van der Waals surface area contributed by atoms with E-state index in [0.29, 0.717) is 5.95 Å². The number of nitrogens with zero attached hydrogens (tertiary/aromatic N) is 5. The maximum absolute atomic E-state index is 5.28. The first-order valence-corrected chi connectivity index (χ1v) is 22.0. The Balaban J connectivity index is 0.961. The van der Waals surface area contributed by atoms with E-state index in [-0.39, 0.29) is 0 Å². The maximum Gasteiger partial charge on any atom is 0.235 e. The highest BCUT2D eigenvalue weighted by Crippen LogP contribution is 2.40.